The average Bonchev–Trinajstić information content (AvgIpc) is 2.93. The van der Waals surface area contributed by atoms with Gasteiger partial charge in [0.2, 0.25) is 0 Å². The molecule has 0 aromatic carbocycles. The molecule has 144 valence electrons. The second-order valence-electron chi connectivity index (χ2n) is 10.8. The van der Waals surface area contributed by atoms with E-state index < -0.39 is 0 Å². The van der Waals surface area contributed by atoms with Crippen LogP contribution in [-0.2, 0) is 0 Å². The van der Waals surface area contributed by atoms with E-state index in [9.17, 15) is 10.2 Å². The van der Waals surface area contributed by atoms with Gasteiger partial charge in [-0.25, -0.2) is 0 Å². The molecule has 0 aliphatic heterocycles. The van der Waals surface area contributed by atoms with E-state index in [2.05, 4.69) is 27.7 Å². The van der Waals surface area contributed by atoms with Crippen LogP contribution in [-0.4, -0.2) is 22.4 Å². The maximum atomic E-state index is 11.2. The number of rotatable bonds is 2. The van der Waals surface area contributed by atoms with Gasteiger partial charge < -0.3 is 10.2 Å². The highest BCUT2D eigenvalue weighted by Crippen LogP contribution is 2.68. The Kier molecular flexibility index (Phi) is 4.56. The highest BCUT2D eigenvalue weighted by molar-refractivity contribution is 5.11. The molecule has 0 aromatic rings. The smallest absolute Gasteiger partial charge is 0.0577 e. The van der Waals surface area contributed by atoms with Crippen LogP contribution in [0.15, 0.2) is 0 Å². The van der Waals surface area contributed by atoms with Gasteiger partial charge in [0.1, 0.15) is 0 Å². The van der Waals surface area contributed by atoms with E-state index in [-0.39, 0.29) is 12.2 Å². The number of fused-ring (bicyclic) bond motifs is 5. The largest absolute Gasteiger partial charge is 0.393 e. The van der Waals surface area contributed by atoms with E-state index in [1.807, 2.05) is 0 Å². The van der Waals surface area contributed by atoms with Gasteiger partial charge in [-0.2, -0.15) is 0 Å². The van der Waals surface area contributed by atoms with Crippen LogP contribution in [0.2, 0.25) is 0 Å². The van der Waals surface area contributed by atoms with Crippen LogP contribution in [0.25, 0.3) is 0 Å². The maximum absolute atomic E-state index is 11.2. The van der Waals surface area contributed by atoms with Gasteiger partial charge in [0.05, 0.1) is 12.2 Å². The second-order valence-corrected chi connectivity index (χ2v) is 10.8. The van der Waals surface area contributed by atoms with Crippen molar-refractivity contribution in [2.45, 2.75) is 97.7 Å². The third-order valence-corrected chi connectivity index (χ3v) is 10.1. The molecule has 4 aliphatic rings. The van der Waals surface area contributed by atoms with E-state index in [1.54, 1.807) is 0 Å². The Morgan fingerprint density at radius 2 is 1.60 bits per heavy atom. The summed E-state index contributed by atoms with van der Waals surface area (Å²) in [5, 5.41) is 21.4. The summed E-state index contributed by atoms with van der Waals surface area (Å²) in [6.07, 6.45) is 10.4. The zero-order chi connectivity index (χ0) is 18.0. The third-order valence-electron chi connectivity index (χ3n) is 10.1. The van der Waals surface area contributed by atoms with Crippen molar-refractivity contribution >= 4 is 0 Å². The molecule has 4 rings (SSSR count). The van der Waals surface area contributed by atoms with Gasteiger partial charge in [-0.1, -0.05) is 34.1 Å². The summed E-state index contributed by atoms with van der Waals surface area (Å²) < 4.78 is 0. The number of hydrogen-bond acceptors (Lipinski definition) is 2. The second kappa shape index (κ2) is 6.23. The molecule has 2 N–H and O–H groups in total. The van der Waals surface area contributed by atoms with E-state index in [0.717, 1.165) is 37.0 Å². The molecule has 0 radical (unpaired) electrons. The standard InChI is InChI=1S/C23H40O2/c1-5-14(2)17-6-7-18-21-19(9-11-23(17,18)4)22(3)10-8-16(24)12-15(22)13-20(21)25/h14-21,24-25H,5-13H2,1-4H3/t14-,15+,16-,17?,18?,19?,20-,21?,22+,23-/m1/s1. The first-order valence-electron chi connectivity index (χ1n) is 11.2. The Morgan fingerprint density at radius 1 is 0.920 bits per heavy atom. The molecule has 4 unspecified atom stereocenters. The van der Waals surface area contributed by atoms with Gasteiger partial charge in [-0.05, 0) is 97.7 Å². The zero-order valence-electron chi connectivity index (χ0n) is 16.9. The van der Waals surface area contributed by atoms with Gasteiger partial charge in [-0.15, -0.1) is 0 Å². The average molecular weight is 349 g/mol. The molecule has 10 atom stereocenters. The predicted molar refractivity (Wildman–Crippen MR) is 102 cm³/mol. The summed E-state index contributed by atoms with van der Waals surface area (Å²) in [4.78, 5) is 0. The molecule has 0 amide bonds. The van der Waals surface area contributed by atoms with Gasteiger partial charge >= 0.3 is 0 Å². The van der Waals surface area contributed by atoms with Crippen LogP contribution in [0.5, 0.6) is 0 Å². The molecule has 4 aliphatic carbocycles. The Hall–Kier alpha value is -0.0800. The lowest BCUT2D eigenvalue weighted by Crippen LogP contribution is -2.58. The first-order chi connectivity index (χ1) is 11.8. The van der Waals surface area contributed by atoms with Crippen LogP contribution in [0, 0.1) is 46.3 Å². The fraction of sp³-hybridized carbons (Fsp3) is 1.00. The van der Waals surface area contributed by atoms with Crippen LogP contribution in [0.3, 0.4) is 0 Å². The summed E-state index contributed by atoms with van der Waals surface area (Å²) in [5.41, 5.74) is 0.813. The van der Waals surface area contributed by atoms with E-state index >= 15 is 0 Å². The van der Waals surface area contributed by atoms with Crippen molar-refractivity contribution < 1.29 is 10.2 Å². The molecule has 2 nitrogen and oxygen atoms in total. The molecule has 4 fully saturated rings. The molecule has 0 saturated heterocycles. The molecule has 0 spiro atoms. The maximum Gasteiger partial charge on any atom is 0.0577 e. The first-order valence-corrected chi connectivity index (χ1v) is 11.2. The molecule has 0 aromatic heterocycles. The van der Waals surface area contributed by atoms with Gasteiger partial charge in [0, 0.05) is 0 Å². The molecular weight excluding hydrogens is 308 g/mol. The van der Waals surface area contributed by atoms with Gasteiger partial charge in [-0.3, -0.25) is 0 Å². The van der Waals surface area contributed by atoms with E-state index in [0.29, 0.717) is 28.6 Å². The third kappa shape index (κ3) is 2.57. The molecule has 25 heavy (non-hydrogen) atoms. The van der Waals surface area contributed by atoms with E-state index in [4.69, 9.17) is 0 Å². The fourth-order valence-electron chi connectivity index (χ4n) is 8.46. The van der Waals surface area contributed by atoms with Crippen LogP contribution < -0.4 is 0 Å². The van der Waals surface area contributed by atoms with E-state index in [1.165, 1.54) is 38.5 Å². The highest BCUT2D eigenvalue weighted by atomic mass is 16.3. The molecule has 4 saturated carbocycles. The monoisotopic (exact) mass is 348 g/mol. The summed E-state index contributed by atoms with van der Waals surface area (Å²) >= 11 is 0. The minimum Gasteiger partial charge on any atom is -0.393 e. The van der Waals surface area contributed by atoms with Crippen molar-refractivity contribution in [2.24, 2.45) is 46.3 Å². The predicted octanol–water partition coefficient (Wildman–Crippen LogP) is 5.02. The minimum absolute atomic E-state index is 0.128. The first kappa shape index (κ1) is 18.3. The number of aliphatic hydroxyl groups is 2. The van der Waals surface area contributed by atoms with Crippen LogP contribution in [0.4, 0.5) is 0 Å². The SMILES string of the molecule is CC[C@@H](C)C1CCC2C3C(CC[C@@]21C)[C@@]1(C)CC[C@@H](O)C[C@H]1C[C@H]3O. The summed E-state index contributed by atoms with van der Waals surface area (Å²) in [7, 11) is 0. The van der Waals surface area contributed by atoms with Crippen LogP contribution >= 0.6 is 0 Å². The van der Waals surface area contributed by atoms with Gasteiger partial charge in [0.15, 0.2) is 0 Å². The quantitative estimate of drug-likeness (QED) is 0.735. The van der Waals surface area contributed by atoms with Crippen molar-refractivity contribution in [1.29, 1.82) is 0 Å². The van der Waals surface area contributed by atoms with Gasteiger partial charge in [0.25, 0.3) is 0 Å². The van der Waals surface area contributed by atoms with Crippen molar-refractivity contribution in [3.8, 4) is 0 Å². The van der Waals surface area contributed by atoms with Crippen molar-refractivity contribution in [2.75, 3.05) is 0 Å². The van der Waals surface area contributed by atoms with Crippen molar-refractivity contribution in [3.05, 3.63) is 0 Å². The molecule has 0 bridgehead atoms. The highest BCUT2D eigenvalue weighted by Gasteiger charge is 2.62. The fourth-order valence-corrected chi connectivity index (χ4v) is 8.46. The lowest BCUT2D eigenvalue weighted by Gasteiger charge is -2.62. The topological polar surface area (TPSA) is 40.5 Å². The Bertz CT molecular complexity index is 504. The summed E-state index contributed by atoms with van der Waals surface area (Å²) in [5.74, 6) is 4.13. The number of hydrogen-bond donors (Lipinski definition) is 2. The summed E-state index contributed by atoms with van der Waals surface area (Å²) in [6.45, 7) is 9.89. The Morgan fingerprint density at radius 3 is 2.32 bits per heavy atom. The Labute approximate surface area is 154 Å². The summed E-state index contributed by atoms with van der Waals surface area (Å²) in [6, 6.07) is 0. The molecule has 0 heterocycles. The number of aliphatic hydroxyl groups excluding tert-OH is 2. The lowest BCUT2D eigenvalue weighted by atomic mass is 9.43. The van der Waals surface area contributed by atoms with Crippen LogP contribution in [0.1, 0.15) is 85.5 Å². The van der Waals surface area contributed by atoms with Crippen molar-refractivity contribution in [1.82, 2.24) is 0 Å². The zero-order valence-corrected chi connectivity index (χ0v) is 16.9. The lowest BCUT2D eigenvalue weighted by molar-refractivity contribution is -0.174. The minimum atomic E-state index is -0.131. The Balaban J connectivity index is 1.63. The molecule has 2 heteroatoms. The van der Waals surface area contributed by atoms with Crippen molar-refractivity contribution in [3.63, 3.8) is 0 Å². The normalized spacial score (nSPS) is 56.6. The molecular formula is C23H40O2.